The van der Waals surface area contributed by atoms with Gasteiger partial charge in [0.15, 0.2) is 0 Å². The second kappa shape index (κ2) is 6.56. The number of nitrogens with two attached hydrogens (primary N) is 1. The molecule has 0 bridgehead atoms. The van der Waals surface area contributed by atoms with Gasteiger partial charge in [0.2, 0.25) is 0 Å². The molecule has 0 radical (unpaired) electrons. The van der Waals surface area contributed by atoms with Crippen molar-refractivity contribution in [3.05, 3.63) is 21.9 Å². The summed E-state index contributed by atoms with van der Waals surface area (Å²) in [7, 11) is 0. The van der Waals surface area contributed by atoms with Crippen LogP contribution < -0.4 is 5.73 Å². The fraction of sp³-hybridized carbons (Fsp3) is 0.750. The standard InChI is InChI=1S/C16H27N3S/c1-13-6-7-16(20-13)15(12-17)19-10-8-18(9-11-19)14-4-2-3-5-14/h6-7,14-15H,2-5,8-12,17H2,1H3. The maximum absolute atomic E-state index is 6.05. The lowest BCUT2D eigenvalue weighted by atomic mass is 10.1. The second-order valence-corrected chi connectivity index (χ2v) is 7.53. The molecule has 4 heteroatoms. The highest BCUT2D eigenvalue weighted by Crippen LogP contribution is 2.29. The van der Waals surface area contributed by atoms with E-state index >= 15 is 0 Å². The van der Waals surface area contributed by atoms with Gasteiger partial charge in [0.25, 0.3) is 0 Å². The number of piperazine rings is 1. The molecule has 20 heavy (non-hydrogen) atoms. The van der Waals surface area contributed by atoms with Gasteiger partial charge in [-0.3, -0.25) is 9.80 Å². The number of aryl methyl sites for hydroxylation is 1. The van der Waals surface area contributed by atoms with Crippen LogP contribution in [0.5, 0.6) is 0 Å². The summed E-state index contributed by atoms with van der Waals surface area (Å²) in [6.07, 6.45) is 5.71. The molecule has 0 aromatic carbocycles. The van der Waals surface area contributed by atoms with Crippen molar-refractivity contribution in [2.75, 3.05) is 32.7 Å². The van der Waals surface area contributed by atoms with E-state index in [0.29, 0.717) is 6.04 Å². The third kappa shape index (κ3) is 3.08. The van der Waals surface area contributed by atoms with Crippen molar-refractivity contribution in [2.45, 2.75) is 44.7 Å². The average Bonchev–Trinajstić information content (AvgIpc) is 3.12. The van der Waals surface area contributed by atoms with Crippen molar-refractivity contribution in [3.8, 4) is 0 Å². The summed E-state index contributed by atoms with van der Waals surface area (Å²) < 4.78 is 0. The van der Waals surface area contributed by atoms with E-state index in [1.807, 2.05) is 11.3 Å². The molecule has 2 aliphatic rings. The van der Waals surface area contributed by atoms with E-state index in [4.69, 9.17) is 5.73 Å². The van der Waals surface area contributed by atoms with Crippen molar-refractivity contribution >= 4 is 11.3 Å². The fourth-order valence-electron chi connectivity index (χ4n) is 3.76. The molecule has 3 rings (SSSR count). The number of rotatable bonds is 4. The molecule has 1 aliphatic carbocycles. The largest absolute Gasteiger partial charge is 0.329 e. The molecule has 1 unspecified atom stereocenters. The molecule has 1 atom stereocenters. The zero-order valence-electron chi connectivity index (χ0n) is 12.6. The Bertz CT molecular complexity index is 417. The minimum absolute atomic E-state index is 0.430. The van der Waals surface area contributed by atoms with Gasteiger partial charge in [0.1, 0.15) is 0 Å². The van der Waals surface area contributed by atoms with Gasteiger partial charge in [-0.15, -0.1) is 11.3 Å². The van der Waals surface area contributed by atoms with Crippen LogP contribution in [0.15, 0.2) is 12.1 Å². The van der Waals surface area contributed by atoms with Crippen molar-refractivity contribution < 1.29 is 0 Å². The summed E-state index contributed by atoms with van der Waals surface area (Å²) in [5, 5.41) is 0. The first kappa shape index (κ1) is 14.5. The minimum atomic E-state index is 0.430. The van der Waals surface area contributed by atoms with Gasteiger partial charge in [-0.05, 0) is 31.9 Å². The predicted molar refractivity (Wildman–Crippen MR) is 86.3 cm³/mol. The zero-order valence-corrected chi connectivity index (χ0v) is 13.4. The highest BCUT2D eigenvalue weighted by Gasteiger charge is 2.29. The summed E-state index contributed by atoms with van der Waals surface area (Å²) in [4.78, 5) is 8.15. The third-order valence-electron chi connectivity index (χ3n) is 4.94. The molecule has 1 aliphatic heterocycles. The van der Waals surface area contributed by atoms with Gasteiger partial charge in [0.05, 0.1) is 6.04 Å². The van der Waals surface area contributed by atoms with Gasteiger partial charge >= 0.3 is 0 Å². The van der Waals surface area contributed by atoms with Gasteiger partial charge < -0.3 is 5.73 Å². The summed E-state index contributed by atoms with van der Waals surface area (Å²) in [6.45, 7) is 7.73. The van der Waals surface area contributed by atoms with E-state index in [1.165, 1.54) is 61.6 Å². The lowest BCUT2D eigenvalue weighted by Gasteiger charge is -2.41. The summed E-state index contributed by atoms with van der Waals surface area (Å²) >= 11 is 1.90. The quantitative estimate of drug-likeness (QED) is 0.926. The maximum Gasteiger partial charge on any atom is 0.0565 e. The highest BCUT2D eigenvalue weighted by atomic mass is 32.1. The Morgan fingerprint density at radius 1 is 1.20 bits per heavy atom. The molecular formula is C16H27N3S. The average molecular weight is 293 g/mol. The normalized spacial score (nSPS) is 24.3. The van der Waals surface area contributed by atoms with Crippen LogP contribution in [0.1, 0.15) is 41.5 Å². The van der Waals surface area contributed by atoms with Crippen LogP contribution in [0.4, 0.5) is 0 Å². The predicted octanol–water partition coefficient (Wildman–Crippen LogP) is 2.62. The van der Waals surface area contributed by atoms with Crippen LogP contribution in [0.3, 0.4) is 0 Å². The first-order valence-corrected chi connectivity index (χ1v) is 8.84. The minimum Gasteiger partial charge on any atom is -0.329 e. The van der Waals surface area contributed by atoms with Gasteiger partial charge in [-0.2, -0.15) is 0 Å². The molecule has 0 amide bonds. The van der Waals surface area contributed by atoms with Crippen LogP contribution in [0.25, 0.3) is 0 Å². The molecule has 112 valence electrons. The first-order valence-electron chi connectivity index (χ1n) is 8.02. The van der Waals surface area contributed by atoms with Gasteiger partial charge in [-0.25, -0.2) is 0 Å². The molecule has 2 N–H and O–H groups in total. The van der Waals surface area contributed by atoms with E-state index in [0.717, 1.165) is 12.6 Å². The smallest absolute Gasteiger partial charge is 0.0565 e. The topological polar surface area (TPSA) is 32.5 Å². The Labute approximate surface area is 126 Å². The maximum atomic E-state index is 6.05. The summed E-state index contributed by atoms with van der Waals surface area (Å²) in [5.41, 5.74) is 6.05. The van der Waals surface area contributed by atoms with E-state index in [-0.39, 0.29) is 0 Å². The molecular weight excluding hydrogens is 266 g/mol. The van der Waals surface area contributed by atoms with Crippen LogP contribution in [0, 0.1) is 6.92 Å². The molecule has 1 aromatic rings. The van der Waals surface area contributed by atoms with Crippen molar-refractivity contribution in [3.63, 3.8) is 0 Å². The zero-order chi connectivity index (χ0) is 13.9. The van der Waals surface area contributed by atoms with Crippen molar-refractivity contribution in [1.29, 1.82) is 0 Å². The van der Waals surface area contributed by atoms with Crippen LogP contribution in [-0.4, -0.2) is 48.6 Å². The van der Waals surface area contributed by atoms with Crippen LogP contribution >= 0.6 is 11.3 Å². The van der Waals surface area contributed by atoms with E-state index in [1.54, 1.807) is 0 Å². The van der Waals surface area contributed by atoms with E-state index in [9.17, 15) is 0 Å². The summed E-state index contributed by atoms with van der Waals surface area (Å²) in [5.74, 6) is 0. The molecule has 1 saturated carbocycles. The highest BCUT2D eigenvalue weighted by molar-refractivity contribution is 7.12. The number of nitrogens with zero attached hydrogens (tertiary/aromatic N) is 2. The van der Waals surface area contributed by atoms with Crippen molar-refractivity contribution in [1.82, 2.24) is 9.80 Å². The SMILES string of the molecule is Cc1ccc(C(CN)N2CCN(C3CCCC3)CC2)s1. The van der Waals surface area contributed by atoms with E-state index < -0.39 is 0 Å². The Morgan fingerprint density at radius 3 is 2.45 bits per heavy atom. The number of hydrogen-bond donors (Lipinski definition) is 1. The lowest BCUT2D eigenvalue weighted by Crippen LogP contribution is -2.51. The molecule has 1 saturated heterocycles. The van der Waals surface area contributed by atoms with Crippen LogP contribution in [-0.2, 0) is 0 Å². The van der Waals surface area contributed by atoms with Crippen molar-refractivity contribution in [2.24, 2.45) is 5.73 Å². The number of thiophene rings is 1. The van der Waals surface area contributed by atoms with E-state index in [2.05, 4.69) is 28.9 Å². The monoisotopic (exact) mass is 293 g/mol. The Balaban J connectivity index is 1.58. The lowest BCUT2D eigenvalue weighted by molar-refractivity contribution is 0.0732. The van der Waals surface area contributed by atoms with Gasteiger partial charge in [0, 0.05) is 48.5 Å². The molecule has 0 spiro atoms. The van der Waals surface area contributed by atoms with Crippen LogP contribution in [0.2, 0.25) is 0 Å². The second-order valence-electron chi connectivity index (χ2n) is 6.21. The molecule has 3 nitrogen and oxygen atoms in total. The Kier molecular flexibility index (Phi) is 4.76. The van der Waals surface area contributed by atoms with Gasteiger partial charge in [-0.1, -0.05) is 12.8 Å². The molecule has 2 fully saturated rings. The molecule has 2 heterocycles. The molecule has 1 aromatic heterocycles. The Morgan fingerprint density at radius 2 is 1.90 bits per heavy atom. The Hall–Kier alpha value is -0.420. The summed E-state index contributed by atoms with van der Waals surface area (Å²) in [6, 6.07) is 5.79. The third-order valence-corrected chi connectivity index (χ3v) is 6.05. The number of hydrogen-bond acceptors (Lipinski definition) is 4. The fourth-order valence-corrected chi connectivity index (χ4v) is 4.79. The first-order chi connectivity index (χ1) is 9.78.